The van der Waals surface area contributed by atoms with Gasteiger partial charge in [-0.05, 0) is 24.3 Å². The van der Waals surface area contributed by atoms with Crippen LogP contribution in [0.2, 0.25) is 0 Å². The first-order valence-electron chi connectivity index (χ1n) is 6.84. The standard InChI is InChI=1S/C16H18N2O4/c1-20-13-8-11(19)9-14(21-2)16(13,22-3)12-7-10-5-4-6-17-15(10)18-12/h4-9,13,19H,1-3H3,(H,17,18). The van der Waals surface area contributed by atoms with Crippen molar-refractivity contribution >= 4 is 11.0 Å². The van der Waals surface area contributed by atoms with Crippen molar-refractivity contribution in [1.29, 1.82) is 0 Å². The van der Waals surface area contributed by atoms with Crippen LogP contribution >= 0.6 is 0 Å². The van der Waals surface area contributed by atoms with E-state index in [-0.39, 0.29) is 5.76 Å². The van der Waals surface area contributed by atoms with E-state index in [2.05, 4.69) is 9.97 Å². The second-order valence-electron chi connectivity index (χ2n) is 5.02. The molecule has 22 heavy (non-hydrogen) atoms. The van der Waals surface area contributed by atoms with Crippen molar-refractivity contribution in [3.63, 3.8) is 0 Å². The van der Waals surface area contributed by atoms with Crippen LogP contribution in [0.3, 0.4) is 0 Å². The van der Waals surface area contributed by atoms with Gasteiger partial charge in [0.2, 0.25) is 0 Å². The molecule has 0 amide bonds. The Bertz CT molecular complexity index is 716. The number of allylic oxidation sites excluding steroid dienone is 1. The maximum Gasteiger partial charge on any atom is 0.194 e. The molecular weight excluding hydrogens is 284 g/mol. The first-order valence-corrected chi connectivity index (χ1v) is 6.84. The summed E-state index contributed by atoms with van der Waals surface area (Å²) in [6.07, 6.45) is 4.28. The number of pyridine rings is 1. The normalized spacial score (nSPS) is 25.0. The van der Waals surface area contributed by atoms with Gasteiger partial charge in [0.05, 0.1) is 12.8 Å². The van der Waals surface area contributed by atoms with Crippen LogP contribution in [0.1, 0.15) is 5.69 Å². The molecule has 0 aliphatic heterocycles. The number of nitrogens with one attached hydrogen (secondary N) is 1. The summed E-state index contributed by atoms with van der Waals surface area (Å²) >= 11 is 0. The fourth-order valence-electron chi connectivity index (χ4n) is 2.92. The summed E-state index contributed by atoms with van der Waals surface area (Å²) in [6.45, 7) is 0. The number of hydrogen-bond acceptors (Lipinski definition) is 5. The lowest BCUT2D eigenvalue weighted by Crippen LogP contribution is -2.46. The van der Waals surface area contributed by atoms with Gasteiger partial charge < -0.3 is 24.3 Å². The van der Waals surface area contributed by atoms with Crippen LogP contribution in [-0.2, 0) is 19.8 Å². The number of H-pyrrole nitrogens is 1. The molecule has 0 fully saturated rings. The third-order valence-electron chi connectivity index (χ3n) is 3.96. The first-order chi connectivity index (χ1) is 10.7. The molecule has 116 valence electrons. The van der Waals surface area contributed by atoms with Crippen molar-refractivity contribution < 1.29 is 19.3 Å². The Kier molecular flexibility index (Phi) is 3.64. The van der Waals surface area contributed by atoms with Crippen LogP contribution in [-0.4, -0.2) is 42.5 Å². The van der Waals surface area contributed by atoms with E-state index in [1.165, 1.54) is 13.2 Å². The smallest absolute Gasteiger partial charge is 0.194 e. The lowest BCUT2D eigenvalue weighted by Gasteiger charge is -2.39. The van der Waals surface area contributed by atoms with Crippen molar-refractivity contribution in [2.75, 3.05) is 21.3 Å². The number of aliphatic hydroxyl groups excluding tert-OH is 1. The number of rotatable bonds is 4. The van der Waals surface area contributed by atoms with Crippen LogP contribution in [0.5, 0.6) is 0 Å². The number of fused-ring (bicyclic) bond motifs is 1. The largest absolute Gasteiger partial charge is 0.508 e. The summed E-state index contributed by atoms with van der Waals surface area (Å²) < 4.78 is 16.8. The van der Waals surface area contributed by atoms with Crippen molar-refractivity contribution in [2.45, 2.75) is 11.7 Å². The van der Waals surface area contributed by atoms with Crippen molar-refractivity contribution in [2.24, 2.45) is 0 Å². The third-order valence-corrected chi connectivity index (χ3v) is 3.96. The van der Waals surface area contributed by atoms with Gasteiger partial charge in [-0.1, -0.05) is 0 Å². The highest BCUT2D eigenvalue weighted by Crippen LogP contribution is 2.42. The van der Waals surface area contributed by atoms with E-state index in [9.17, 15) is 5.11 Å². The van der Waals surface area contributed by atoms with Gasteiger partial charge in [-0.15, -0.1) is 0 Å². The molecule has 2 aromatic heterocycles. The summed E-state index contributed by atoms with van der Waals surface area (Å²) in [7, 11) is 4.67. The van der Waals surface area contributed by atoms with E-state index in [4.69, 9.17) is 14.2 Å². The minimum Gasteiger partial charge on any atom is -0.508 e. The zero-order chi connectivity index (χ0) is 15.7. The summed E-state index contributed by atoms with van der Waals surface area (Å²) in [5.74, 6) is 0.527. The van der Waals surface area contributed by atoms with Gasteiger partial charge >= 0.3 is 0 Å². The number of methoxy groups -OCH3 is 3. The molecule has 0 saturated carbocycles. The molecule has 2 N–H and O–H groups in total. The van der Waals surface area contributed by atoms with E-state index < -0.39 is 11.7 Å². The number of aromatic amines is 1. The summed E-state index contributed by atoms with van der Waals surface area (Å²) in [4.78, 5) is 7.55. The highest BCUT2D eigenvalue weighted by Gasteiger charge is 2.49. The van der Waals surface area contributed by atoms with Gasteiger partial charge in [0, 0.05) is 31.9 Å². The zero-order valence-corrected chi connectivity index (χ0v) is 12.7. The molecule has 2 unspecified atom stereocenters. The second kappa shape index (κ2) is 5.47. The van der Waals surface area contributed by atoms with Crippen molar-refractivity contribution in [1.82, 2.24) is 9.97 Å². The van der Waals surface area contributed by atoms with Crippen LogP contribution in [0.4, 0.5) is 0 Å². The summed E-state index contributed by atoms with van der Waals surface area (Å²) in [5, 5.41) is 10.8. The first kappa shape index (κ1) is 14.6. The Morgan fingerprint density at radius 2 is 2.14 bits per heavy atom. The van der Waals surface area contributed by atoms with Crippen LogP contribution in [0.25, 0.3) is 11.0 Å². The van der Waals surface area contributed by atoms with Crippen molar-refractivity contribution in [3.05, 3.63) is 53.8 Å². The van der Waals surface area contributed by atoms with Gasteiger partial charge in [0.15, 0.2) is 5.60 Å². The van der Waals surface area contributed by atoms with Gasteiger partial charge in [0.25, 0.3) is 0 Å². The average Bonchev–Trinajstić information content (AvgIpc) is 2.98. The molecule has 6 heteroatoms. The molecule has 2 atom stereocenters. The number of ether oxygens (including phenoxy) is 3. The third kappa shape index (κ3) is 2.00. The molecule has 0 radical (unpaired) electrons. The molecular formula is C16H18N2O4. The van der Waals surface area contributed by atoms with Gasteiger partial charge in [-0.25, -0.2) is 4.98 Å². The Balaban J connectivity index is 2.22. The molecule has 0 spiro atoms. The van der Waals surface area contributed by atoms with Crippen molar-refractivity contribution in [3.8, 4) is 0 Å². The predicted molar refractivity (Wildman–Crippen MR) is 81.4 cm³/mol. The lowest BCUT2D eigenvalue weighted by molar-refractivity contribution is -0.109. The van der Waals surface area contributed by atoms with Gasteiger partial charge in [0.1, 0.15) is 23.3 Å². The van der Waals surface area contributed by atoms with E-state index >= 15 is 0 Å². The molecule has 1 aliphatic carbocycles. The predicted octanol–water partition coefficient (Wildman–Crippen LogP) is 2.41. The number of hydrogen-bond donors (Lipinski definition) is 2. The summed E-state index contributed by atoms with van der Waals surface area (Å²) in [5.41, 5.74) is 0.474. The van der Waals surface area contributed by atoms with Gasteiger partial charge in [-0.3, -0.25) is 0 Å². The Morgan fingerprint density at radius 3 is 2.77 bits per heavy atom. The molecule has 2 heterocycles. The highest BCUT2D eigenvalue weighted by atomic mass is 16.6. The molecule has 6 nitrogen and oxygen atoms in total. The van der Waals surface area contributed by atoms with E-state index in [1.807, 2.05) is 18.2 Å². The fourth-order valence-corrected chi connectivity index (χ4v) is 2.92. The minimum absolute atomic E-state index is 0.0746. The SMILES string of the molecule is COC1=CC(O)=CC(OC)C1(OC)c1cc2cccnc2[nH]1. The van der Waals surface area contributed by atoms with E-state index in [0.717, 1.165) is 16.7 Å². The van der Waals surface area contributed by atoms with Gasteiger partial charge in [-0.2, -0.15) is 0 Å². The molecule has 3 rings (SSSR count). The van der Waals surface area contributed by atoms with E-state index in [0.29, 0.717) is 5.76 Å². The van der Waals surface area contributed by atoms with Crippen LogP contribution in [0, 0.1) is 0 Å². The van der Waals surface area contributed by atoms with Crippen LogP contribution < -0.4 is 0 Å². The molecule has 0 bridgehead atoms. The molecule has 0 aromatic carbocycles. The lowest BCUT2D eigenvalue weighted by atomic mass is 9.85. The number of nitrogens with zero attached hydrogens (tertiary/aromatic N) is 1. The van der Waals surface area contributed by atoms with E-state index in [1.54, 1.807) is 26.5 Å². The number of aromatic nitrogens is 2. The Labute approximate surface area is 128 Å². The van der Waals surface area contributed by atoms with Crippen LogP contribution in [0.15, 0.2) is 48.1 Å². The molecule has 1 aliphatic rings. The topological polar surface area (TPSA) is 76.6 Å². The molecule has 2 aromatic rings. The maximum atomic E-state index is 9.87. The Hall–Kier alpha value is -2.31. The number of aliphatic hydroxyl groups is 1. The second-order valence-corrected chi connectivity index (χ2v) is 5.02. The Morgan fingerprint density at radius 1 is 1.32 bits per heavy atom. The minimum atomic E-state index is -1.02. The monoisotopic (exact) mass is 302 g/mol. The average molecular weight is 302 g/mol. The quantitative estimate of drug-likeness (QED) is 0.907. The maximum absolute atomic E-state index is 9.87. The zero-order valence-electron chi connectivity index (χ0n) is 12.7. The molecule has 0 saturated heterocycles. The summed E-state index contributed by atoms with van der Waals surface area (Å²) in [6, 6.07) is 5.77. The fraction of sp³-hybridized carbons (Fsp3) is 0.312. The highest BCUT2D eigenvalue weighted by molar-refractivity contribution is 5.77.